The number of thiophene rings is 1. The van der Waals surface area contributed by atoms with Gasteiger partial charge >= 0.3 is 0 Å². The van der Waals surface area contributed by atoms with Gasteiger partial charge in [-0.15, -0.1) is 11.3 Å². The highest BCUT2D eigenvalue weighted by Gasteiger charge is 2.21. The smallest absolute Gasteiger partial charge is 0.261 e. The van der Waals surface area contributed by atoms with E-state index >= 15 is 0 Å². The highest BCUT2D eigenvalue weighted by atomic mass is 32.1. The van der Waals surface area contributed by atoms with Crippen LogP contribution in [0.3, 0.4) is 0 Å². The van der Waals surface area contributed by atoms with Crippen molar-refractivity contribution in [2.24, 2.45) is 5.92 Å². The summed E-state index contributed by atoms with van der Waals surface area (Å²) in [5.74, 6) is 0.769. The first kappa shape index (κ1) is 11.6. The van der Waals surface area contributed by atoms with E-state index in [9.17, 15) is 4.79 Å². The first-order valence-electron chi connectivity index (χ1n) is 6.12. The van der Waals surface area contributed by atoms with Crippen LogP contribution in [0.25, 0.3) is 0 Å². The van der Waals surface area contributed by atoms with Crippen LogP contribution in [0, 0.1) is 5.92 Å². The third-order valence-electron chi connectivity index (χ3n) is 3.46. The first-order valence-corrected chi connectivity index (χ1v) is 6.99. The molecule has 1 aliphatic carbocycles. The van der Waals surface area contributed by atoms with Crippen LogP contribution in [0.2, 0.25) is 0 Å². The molecule has 1 aromatic heterocycles. The lowest BCUT2D eigenvalue weighted by atomic mass is 9.84. The van der Waals surface area contributed by atoms with Crippen molar-refractivity contribution in [3.8, 4) is 0 Å². The van der Waals surface area contributed by atoms with Crippen LogP contribution in [-0.2, 0) is 0 Å². The molecule has 1 N–H and O–H groups in total. The molecule has 3 heteroatoms. The van der Waals surface area contributed by atoms with Crippen molar-refractivity contribution >= 4 is 17.2 Å². The van der Waals surface area contributed by atoms with Gasteiger partial charge in [-0.3, -0.25) is 4.79 Å². The number of nitrogens with one attached hydrogen (secondary N) is 1. The zero-order chi connectivity index (χ0) is 11.4. The molecule has 16 heavy (non-hydrogen) atoms. The third-order valence-corrected chi connectivity index (χ3v) is 4.33. The van der Waals surface area contributed by atoms with E-state index < -0.39 is 0 Å². The number of rotatable bonds is 3. The summed E-state index contributed by atoms with van der Waals surface area (Å²) in [6.45, 7) is 2.14. The summed E-state index contributed by atoms with van der Waals surface area (Å²) in [4.78, 5) is 12.7. The lowest BCUT2D eigenvalue weighted by Crippen LogP contribution is -2.38. The molecule has 1 heterocycles. The second-order valence-electron chi connectivity index (χ2n) is 4.64. The van der Waals surface area contributed by atoms with Crippen LogP contribution in [0.5, 0.6) is 0 Å². The van der Waals surface area contributed by atoms with Crippen molar-refractivity contribution in [2.45, 2.75) is 45.1 Å². The number of carbonyl (C=O) groups excluding carboxylic acids is 1. The van der Waals surface area contributed by atoms with E-state index in [1.165, 1.54) is 43.4 Å². The van der Waals surface area contributed by atoms with Gasteiger partial charge in [0.1, 0.15) is 0 Å². The summed E-state index contributed by atoms with van der Waals surface area (Å²) < 4.78 is 0. The van der Waals surface area contributed by atoms with Crippen LogP contribution in [-0.4, -0.2) is 11.9 Å². The average Bonchev–Trinajstić information content (AvgIpc) is 2.83. The molecule has 1 fully saturated rings. The molecule has 0 aliphatic heterocycles. The maximum absolute atomic E-state index is 11.9. The van der Waals surface area contributed by atoms with Crippen LogP contribution >= 0.6 is 11.3 Å². The fourth-order valence-corrected chi connectivity index (χ4v) is 3.06. The Hall–Kier alpha value is -0.830. The minimum atomic E-state index is 0.0908. The third kappa shape index (κ3) is 2.85. The Kier molecular flexibility index (Phi) is 3.99. The molecular weight excluding hydrogens is 218 g/mol. The molecule has 1 atom stereocenters. The quantitative estimate of drug-likeness (QED) is 0.857. The largest absolute Gasteiger partial charge is 0.349 e. The molecule has 1 unspecified atom stereocenters. The Bertz CT molecular complexity index is 328. The van der Waals surface area contributed by atoms with E-state index in [-0.39, 0.29) is 5.91 Å². The Labute approximate surface area is 101 Å². The van der Waals surface area contributed by atoms with E-state index in [0.717, 1.165) is 4.88 Å². The molecule has 0 spiro atoms. The molecule has 2 rings (SSSR count). The predicted molar refractivity (Wildman–Crippen MR) is 67.8 cm³/mol. The predicted octanol–water partition coefficient (Wildman–Crippen LogP) is 3.45. The summed E-state index contributed by atoms with van der Waals surface area (Å²) in [5, 5.41) is 5.07. The second kappa shape index (κ2) is 5.48. The van der Waals surface area contributed by atoms with E-state index in [1.807, 2.05) is 17.5 Å². The van der Waals surface area contributed by atoms with Crippen molar-refractivity contribution in [2.75, 3.05) is 0 Å². The molecule has 1 amide bonds. The van der Waals surface area contributed by atoms with Gasteiger partial charge in [-0.2, -0.15) is 0 Å². The number of carbonyl (C=O) groups is 1. The Balaban J connectivity index is 1.86. The molecule has 0 bridgehead atoms. The van der Waals surface area contributed by atoms with Crippen LogP contribution < -0.4 is 5.32 Å². The summed E-state index contributed by atoms with van der Waals surface area (Å²) in [5.41, 5.74) is 0. The van der Waals surface area contributed by atoms with Gasteiger partial charge < -0.3 is 5.32 Å². The summed E-state index contributed by atoms with van der Waals surface area (Å²) in [6.07, 6.45) is 6.55. The fourth-order valence-electron chi connectivity index (χ4n) is 2.44. The molecule has 0 aromatic carbocycles. The maximum atomic E-state index is 11.9. The van der Waals surface area contributed by atoms with E-state index in [1.54, 1.807) is 0 Å². The van der Waals surface area contributed by atoms with Gasteiger partial charge in [0.25, 0.3) is 5.91 Å². The monoisotopic (exact) mass is 237 g/mol. The molecule has 0 saturated heterocycles. The molecule has 0 radical (unpaired) electrons. The second-order valence-corrected chi connectivity index (χ2v) is 5.59. The zero-order valence-corrected chi connectivity index (χ0v) is 10.6. The Morgan fingerprint density at radius 2 is 2.19 bits per heavy atom. The van der Waals surface area contributed by atoms with Crippen molar-refractivity contribution in [3.05, 3.63) is 22.4 Å². The minimum absolute atomic E-state index is 0.0908. The standard InChI is InChI=1S/C13H19NOS/c1-10(11-6-3-2-4-7-11)14-13(15)12-8-5-9-16-12/h5,8-11H,2-4,6-7H2,1H3,(H,14,15). The highest BCUT2D eigenvalue weighted by molar-refractivity contribution is 7.12. The van der Waals surface area contributed by atoms with Gasteiger partial charge in [0.15, 0.2) is 0 Å². The molecule has 1 saturated carbocycles. The molecule has 1 aliphatic rings. The number of hydrogen-bond donors (Lipinski definition) is 1. The fraction of sp³-hybridized carbons (Fsp3) is 0.615. The molecule has 2 nitrogen and oxygen atoms in total. The maximum Gasteiger partial charge on any atom is 0.261 e. The van der Waals surface area contributed by atoms with Crippen LogP contribution in [0.1, 0.15) is 48.7 Å². The van der Waals surface area contributed by atoms with Gasteiger partial charge in [-0.1, -0.05) is 25.3 Å². The first-order chi connectivity index (χ1) is 7.77. The molecule has 1 aromatic rings. The van der Waals surface area contributed by atoms with Crippen LogP contribution in [0.4, 0.5) is 0 Å². The van der Waals surface area contributed by atoms with Crippen molar-refractivity contribution in [1.29, 1.82) is 0 Å². The highest BCUT2D eigenvalue weighted by Crippen LogP contribution is 2.26. The summed E-state index contributed by atoms with van der Waals surface area (Å²) in [7, 11) is 0. The molecular formula is C13H19NOS. The Morgan fingerprint density at radius 1 is 1.44 bits per heavy atom. The Morgan fingerprint density at radius 3 is 2.81 bits per heavy atom. The lowest BCUT2D eigenvalue weighted by molar-refractivity contribution is 0.0923. The number of amides is 1. The van der Waals surface area contributed by atoms with Crippen molar-refractivity contribution in [1.82, 2.24) is 5.32 Å². The van der Waals surface area contributed by atoms with Gasteiger partial charge in [-0.05, 0) is 37.1 Å². The van der Waals surface area contributed by atoms with E-state index in [4.69, 9.17) is 0 Å². The topological polar surface area (TPSA) is 29.1 Å². The molecule has 88 valence electrons. The van der Waals surface area contributed by atoms with Gasteiger partial charge in [-0.25, -0.2) is 0 Å². The van der Waals surface area contributed by atoms with Gasteiger partial charge in [0.05, 0.1) is 4.88 Å². The lowest BCUT2D eigenvalue weighted by Gasteiger charge is -2.28. The average molecular weight is 237 g/mol. The summed E-state index contributed by atoms with van der Waals surface area (Å²) in [6, 6.07) is 4.12. The zero-order valence-electron chi connectivity index (χ0n) is 9.74. The summed E-state index contributed by atoms with van der Waals surface area (Å²) >= 11 is 1.51. The van der Waals surface area contributed by atoms with E-state index in [0.29, 0.717) is 12.0 Å². The normalized spacial score (nSPS) is 19.3. The van der Waals surface area contributed by atoms with Gasteiger partial charge in [0, 0.05) is 6.04 Å². The van der Waals surface area contributed by atoms with Crippen molar-refractivity contribution in [3.63, 3.8) is 0 Å². The SMILES string of the molecule is CC(NC(=O)c1cccs1)C1CCCCC1. The van der Waals surface area contributed by atoms with Crippen molar-refractivity contribution < 1.29 is 4.79 Å². The minimum Gasteiger partial charge on any atom is -0.349 e. The van der Waals surface area contributed by atoms with E-state index in [2.05, 4.69) is 12.2 Å². The number of hydrogen-bond acceptors (Lipinski definition) is 2. The van der Waals surface area contributed by atoms with Gasteiger partial charge in [0.2, 0.25) is 0 Å². The van der Waals surface area contributed by atoms with Crippen LogP contribution in [0.15, 0.2) is 17.5 Å².